The van der Waals surface area contributed by atoms with Crippen LogP contribution in [0, 0.1) is 0 Å². The lowest BCUT2D eigenvalue weighted by Gasteiger charge is -2.24. The first-order chi connectivity index (χ1) is 7.14. The molecule has 2 heteroatoms. The van der Waals surface area contributed by atoms with E-state index in [9.17, 15) is 4.57 Å². The number of hydrogen-bond acceptors (Lipinski definition) is 1. The van der Waals surface area contributed by atoms with Gasteiger partial charge >= 0.3 is 8.46 Å². The van der Waals surface area contributed by atoms with E-state index in [1.54, 1.807) is 0 Å². The van der Waals surface area contributed by atoms with Crippen molar-refractivity contribution in [3.63, 3.8) is 0 Å². The molecule has 0 aliphatic carbocycles. The molecule has 0 amide bonds. The van der Waals surface area contributed by atoms with Crippen LogP contribution in [-0.4, -0.2) is 0 Å². The van der Waals surface area contributed by atoms with E-state index in [-0.39, 0.29) is 19.3 Å². The molecule has 1 rings (SSSR count). The van der Waals surface area contributed by atoms with Crippen molar-refractivity contribution in [2.75, 3.05) is 0 Å². The van der Waals surface area contributed by atoms with Crippen molar-refractivity contribution in [1.82, 2.24) is 0 Å². The average molecular weight is 237 g/mol. The molecule has 1 unspecified atom stereocenters. The Bertz CT molecular complexity index is 362. The molecular formula is C14H22OP+. The van der Waals surface area contributed by atoms with Crippen molar-refractivity contribution in [3.05, 3.63) is 29.3 Å². The summed E-state index contributed by atoms with van der Waals surface area (Å²) in [5.41, 5.74) is 2.74. The summed E-state index contributed by atoms with van der Waals surface area (Å²) in [5, 5.41) is 0.928. The molecule has 16 heavy (non-hydrogen) atoms. The predicted molar refractivity (Wildman–Crippen MR) is 72.5 cm³/mol. The SMILES string of the molecule is CC(C)(C)c1cc([PH+]=O)cc(C(C)(C)C)c1. The molecular weight excluding hydrogens is 215 g/mol. The van der Waals surface area contributed by atoms with Crippen LogP contribution in [0.2, 0.25) is 0 Å². The Morgan fingerprint density at radius 2 is 1.19 bits per heavy atom. The summed E-state index contributed by atoms with van der Waals surface area (Å²) in [6, 6.07) is 6.35. The molecule has 0 heterocycles. The highest BCUT2D eigenvalue weighted by atomic mass is 31.1. The van der Waals surface area contributed by atoms with Crippen molar-refractivity contribution >= 4 is 13.8 Å². The lowest BCUT2D eigenvalue weighted by molar-refractivity contribution is 0.569. The van der Waals surface area contributed by atoms with Crippen molar-refractivity contribution in [3.8, 4) is 0 Å². The second-order valence-corrected chi connectivity index (χ2v) is 7.18. The number of rotatable bonds is 1. The van der Waals surface area contributed by atoms with Crippen LogP contribution in [0.4, 0.5) is 0 Å². The second-order valence-electron chi connectivity index (χ2n) is 6.40. The Balaban J connectivity index is 3.39. The molecule has 0 saturated heterocycles. The molecule has 0 aromatic heterocycles. The van der Waals surface area contributed by atoms with Gasteiger partial charge in [-0.25, -0.2) is 0 Å². The van der Waals surface area contributed by atoms with Crippen LogP contribution in [0.15, 0.2) is 18.2 Å². The Kier molecular flexibility index (Phi) is 3.59. The highest BCUT2D eigenvalue weighted by molar-refractivity contribution is 7.34. The molecule has 1 nitrogen and oxygen atoms in total. The Hall–Kier alpha value is -0.680. The van der Waals surface area contributed by atoms with Gasteiger partial charge in [0.1, 0.15) is 0 Å². The van der Waals surface area contributed by atoms with Gasteiger partial charge in [0.05, 0.1) is 0 Å². The molecule has 0 saturated carbocycles. The molecule has 0 bridgehead atoms. The predicted octanol–water partition coefficient (Wildman–Crippen LogP) is 3.93. The van der Waals surface area contributed by atoms with E-state index in [2.05, 4.69) is 59.7 Å². The van der Waals surface area contributed by atoms with E-state index >= 15 is 0 Å². The van der Waals surface area contributed by atoms with Gasteiger partial charge in [-0.2, -0.15) is 0 Å². The normalized spacial score (nSPS) is 13.1. The van der Waals surface area contributed by atoms with Gasteiger partial charge in [0.15, 0.2) is 5.30 Å². The minimum absolute atomic E-state index is 0.107. The maximum atomic E-state index is 11.1. The number of benzene rings is 1. The fraction of sp³-hybridized carbons (Fsp3) is 0.571. The Morgan fingerprint density at radius 1 is 0.812 bits per heavy atom. The van der Waals surface area contributed by atoms with E-state index < -0.39 is 0 Å². The van der Waals surface area contributed by atoms with Crippen LogP contribution in [-0.2, 0) is 15.4 Å². The first kappa shape index (κ1) is 13.4. The van der Waals surface area contributed by atoms with Crippen molar-refractivity contribution in [2.45, 2.75) is 52.4 Å². The first-order valence-electron chi connectivity index (χ1n) is 5.69. The summed E-state index contributed by atoms with van der Waals surface area (Å²) in [6.07, 6.45) is 0. The van der Waals surface area contributed by atoms with Crippen LogP contribution in [0.5, 0.6) is 0 Å². The molecule has 1 aromatic carbocycles. The molecule has 0 N–H and O–H groups in total. The van der Waals surface area contributed by atoms with Crippen LogP contribution in [0.25, 0.3) is 0 Å². The number of hydrogen-bond donors (Lipinski definition) is 0. The third-order valence-electron chi connectivity index (χ3n) is 2.78. The Morgan fingerprint density at radius 3 is 1.44 bits per heavy atom. The minimum atomic E-state index is -0.369. The lowest BCUT2D eigenvalue weighted by Crippen LogP contribution is -2.19. The van der Waals surface area contributed by atoms with Gasteiger partial charge in [-0.3, -0.25) is 0 Å². The minimum Gasteiger partial charge on any atom is -0.0707 e. The third kappa shape index (κ3) is 3.15. The van der Waals surface area contributed by atoms with E-state index in [4.69, 9.17) is 0 Å². The van der Waals surface area contributed by atoms with Crippen molar-refractivity contribution in [1.29, 1.82) is 0 Å². The van der Waals surface area contributed by atoms with E-state index in [0.29, 0.717) is 0 Å². The summed E-state index contributed by atoms with van der Waals surface area (Å²) in [7, 11) is -0.369. The molecule has 88 valence electrons. The summed E-state index contributed by atoms with van der Waals surface area (Å²) in [4.78, 5) is 0. The average Bonchev–Trinajstić information content (AvgIpc) is 2.14. The maximum absolute atomic E-state index is 11.1. The van der Waals surface area contributed by atoms with Crippen LogP contribution in [0.1, 0.15) is 52.7 Å². The zero-order valence-corrected chi connectivity index (χ0v) is 12.1. The molecule has 1 atom stereocenters. The van der Waals surface area contributed by atoms with Gasteiger partial charge in [0, 0.05) is 0 Å². The highest BCUT2D eigenvalue weighted by Gasteiger charge is 2.22. The van der Waals surface area contributed by atoms with E-state index in [1.165, 1.54) is 11.1 Å². The maximum Gasteiger partial charge on any atom is 0.363 e. The molecule has 0 fully saturated rings. The smallest absolute Gasteiger partial charge is 0.0707 e. The molecule has 0 aliphatic heterocycles. The summed E-state index contributed by atoms with van der Waals surface area (Å²) < 4.78 is 11.1. The lowest BCUT2D eigenvalue weighted by atomic mass is 9.81. The van der Waals surface area contributed by atoms with E-state index in [1.807, 2.05) is 0 Å². The van der Waals surface area contributed by atoms with E-state index in [0.717, 1.165) is 5.30 Å². The standard InChI is InChI=1S/C14H21OP/c1-13(2,3)10-7-11(14(4,5)6)9-12(8-10)16-15/h7-9H,1-6H3/p+1. The summed E-state index contributed by atoms with van der Waals surface area (Å²) >= 11 is 0. The highest BCUT2D eigenvalue weighted by Crippen LogP contribution is 2.28. The zero-order valence-electron chi connectivity index (χ0n) is 11.1. The van der Waals surface area contributed by atoms with Gasteiger partial charge in [0.2, 0.25) is 0 Å². The van der Waals surface area contributed by atoms with Gasteiger partial charge in [-0.1, -0.05) is 52.2 Å². The largest absolute Gasteiger partial charge is 0.363 e. The summed E-state index contributed by atoms with van der Waals surface area (Å²) in [5.74, 6) is 0. The molecule has 0 spiro atoms. The quantitative estimate of drug-likeness (QED) is 0.676. The topological polar surface area (TPSA) is 17.1 Å². The molecule has 0 aliphatic rings. The summed E-state index contributed by atoms with van der Waals surface area (Å²) in [6.45, 7) is 13.1. The third-order valence-corrected chi connectivity index (χ3v) is 3.31. The molecule has 1 aromatic rings. The van der Waals surface area contributed by atoms with Gasteiger partial charge < -0.3 is 0 Å². The fourth-order valence-electron chi connectivity index (χ4n) is 1.55. The van der Waals surface area contributed by atoms with Gasteiger partial charge in [-0.05, 0) is 34.1 Å². The van der Waals surface area contributed by atoms with Crippen molar-refractivity contribution < 1.29 is 4.57 Å². The Labute approximate surface area is 100 Å². The fourth-order valence-corrected chi connectivity index (χ4v) is 1.98. The zero-order chi connectivity index (χ0) is 12.6. The molecule has 0 radical (unpaired) electrons. The first-order valence-corrected chi connectivity index (χ1v) is 6.59. The van der Waals surface area contributed by atoms with Crippen molar-refractivity contribution in [2.24, 2.45) is 0 Å². The van der Waals surface area contributed by atoms with Crippen LogP contribution < -0.4 is 5.30 Å². The van der Waals surface area contributed by atoms with Crippen LogP contribution in [0.3, 0.4) is 0 Å². The monoisotopic (exact) mass is 237 g/mol. The van der Waals surface area contributed by atoms with Crippen LogP contribution >= 0.6 is 8.46 Å². The van der Waals surface area contributed by atoms with Gasteiger partial charge in [0.25, 0.3) is 0 Å². The second kappa shape index (κ2) is 4.30. The van der Waals surface area contributed by atoms with Gasteiger partial charge in [-0.15, -0.1) is 0 Å².